The molecule has 6 nitrogen and oxygen atoms in total. The van der Waals surface area contributed by atoms with E-state index in [0.717, 1.165) is 22.6 Å². The molecular formula is C14H13N5OS. The first-order chi connectivity index (χ1) is 10.3. The molecular weight excluding hydrogens is 286 g/mol. The second-order valence-corrected chi connectivity index (χ2v) is 5.21. The van der Waals surface area contributed by atoms with Gasteiger partial charge in [-0.2, -0.15) is 5.10 Å². The van der Waals surface area contributed by atoms with Crippen LogP contribution in [0, 0.1) is 0 Å². The van der Waals surface area contributed by atoms with Gasteiger partial charge in [-0.3, -0.25) is 14.9 Å². The zero-order valence-corrected chi connectivity index (χ0v) is 12.1. The number of aryl methyl sites for hydroxylation is 1. The summed E-state index contributed by atoms with van der Waals surface area (Å²) in [5.41, 5.74) is 2.31. The summed E-state index contributed by atoms with van der Waals surface area (Å²) in [4.78, 5) is 20.5. The summed E-state index contributed by atoms with van der Waals surface area (Å²) < 4.78 is 0. The molecule has 3 aromatic rings. The summed E-state index contributed by atoms with van der Waals surface area (Å²) in [6.07, 6.45) is 5.91. The number of carbonyl (C=O) groups is 1. The van der Waals surface area contributed by atoms with Crippen molar-refractivity contribution in [3.05, 3.63) is 47.4 Å². The third kappa shape index (κ3) is 2.82. The van der Waals surface area contributed by atoms with Crippen LogP contribution in [-0.2, 0) is 6.42 Å². The van der Waals surface area contributed by atoms with E-state index in [2.05, 4.69) is 25.5 Å². The van der Waals surface area contributed by atoms with Gasteiger partial charge in [0.15, 0.2) is 0 Å². The zero-order valence-electron chi connectivity index (χ0n) is 11.3. The van der Waals surface area contributed by atoms with Gasteiger partial charge in [0, 0.05) is 28.9 Å². The number of nitrogens with zero attached hydrogens (tertiary/aromatic N) is 3. The number of carbonyl (C=O) groups excluding carboxylic acids is 1. The minimum atomic E-state index is -0.245. The van der Waals surface area contributed by atoms with Crippen molar-refractivity contribution in [1.29, 1.82) is 0 Å². The Kier molecular flexibility index (Phi) is 3.74. The van der Waals surface area contributed by atoms with Crippen molar-refractivity contribution < 1.29 is 4.79 Å². The van der Waals surface area contributed by atoms with Crippen molar-refractivity contribution in [3.63, 3.8) is 0 Å². The smallest absolute Gasteiger partial charge is 0.276 e. The van der Waals surface area contributed by atoms with Crippen LogP contribution in [0.1, 0.15) is 23.0 Å². The van der Waals surface area contributed by atoms with E-state index < -0.39 is 0 Å². The predicted molar refractivity (Wildman–Crippen MR) is 81.3 cm³/mol. The zero-order chi connectivity index (χ0) is 14.7. The summed E-state index contributed by atoms with van der Waals surface area (Å²) in [5, 5.41) is 12.0. The van der Waals surface area contributed by atoms with Crippen LogP contribution in [0.25, 0.3) is 10.6 Å². The van der Waals surface area contributed by atoms with Gasteiger partial charge in [0.1, 0.15) is 16.5 Å². The number of hydrogen-bond donors (Lipinski definition) is 2. The number of aromatic amines is 1. The highest BCUT2D eigenvalue weighted by molar-refractivity contribution is 7.13. The number of hydrogen-bond acceptors (Lipinski definition) is 5. The number of nitrogens with one attached hydrogen (secondary N) is 2. The molecule has 0 aromatic carbocycles. The van der Waals surface area contributed by atoms with Gasteiger partial charge in [-0.25, -0.2) is 4.98 Å². The Morgan fingerprint density at radius 2 is 2.19 bits per heavy atom. The van der Waals surface area contributed by atoms with Crippen LogP contribution in [0.3, 0.4) is 0 Å². The molecule has 0 fully saturated rings. The number of anilines is 1. The van der Waals surface area contributed by atoms with Crippen molar-refractivity contribution in [2.24, 2.45) is 0 Å². The SMILES string of the molecule is CCc1cn[nH]c1NC(=O)c1csc(-c2ccncc2)n1. The molecule has 0 aliphatic heterocycles. The van der Waals surface area contributed by atoms with Crippen molar-refractivity contribution in [2.45, 2.75) is 13.3 Å². The molecule has 0 aliphatic rings. The highest BCUT2D eigenvalue weighted by atomic mass is 32.1. The Hall–Kier alpha value is -2.54. The predicted octanol–water partition coefficient (Wildman–Crippen LogP) is 2.74. The molecule has 3 rings (SSSR count). The minimum Gasteiger partial charge on any atom is -0.305 e. The first-order valence-corrected chi connectivity index (χ1v) is 7.35. The van der Waals surface area contributed by atoms with E-state index in [9.17, 15) is 4.79 Å². The molecule has 0 saturated heterocycles. The third-order valence-electron chi connectivity index (χ3n) is 3.00. The van der Waals surface area contributed by atoms with Crippen molar-refractivity contribution >= 4 is 23.1 Å². The van der Waals surface area contributed by atoms with Crippen LogP contribution in [0.15, 0.2) is 36.1 Å². The van der Waals surface area contributed by atoms with Crippen LogP contribution in [0.2, 0.25) is 0 Å². The van der Waals surface area contributed by atoms with Gasteiger partial charge in [0.25, 0.3) is 5.91 Å². The van der Waals surface area contributed by atoms with E-state index >= 15 is 0 Å². The van der Waals surface area contributed by atoms with E-state index in [1.807, 2.05) is 19.1 Å². The lowest BCUT2D eigenvalue weighted by Crippen LogP contribution is -2.13. The number of H-pyrrole nitrogens is 1. The van der Waals surface area contributed by atoms with E-state index in [1.54, 1.807) is 24.0 Å². The maximum Gasteiger partial charge on any atom is 0.276 e. The average Bonchev–Trinajstić information content (AvgIpc) is 3.17. The first kappa shape index (κ1) is 13.4. The van der Waals surface area contributed by atoms with Crippen molar-refractivity contribution in [3.8, 4) is 10.6 Å². The highest BCUT2D eigenvalue weighted by Gasteiger charge is 2.14. The first-order valence-electron chi connectivity index (χ1n) is 6.47. The lowest BCUT2D eigenvalue weighted by atomic mass is 10.2. The summed E-state index contributed by atoms with van der Waals surface area (Å²) in [7, 11) is 0. The van der Waals surface area contributed by atoms with Gasteiger partial charge >= 0.3 is 0 Å². The maximum atomic E-state index is 12.2. The normalized spacial score (nSPS) is 10.5. The molecule has 0 aliphatic carbocycles. The summed E-state index contributed by atoms with van der Waals surface area (Å²) in [6.45, 7) is 2.00. The monoisotopic (exact) mass is 299 g/mol. The number of rotatable bonds is 4. The quantitative estimate of drug-likeness (QED) is 0.776. The van der Waals surface area contributed by atoms with Crippen LogP contribution >= 0.6 is 11.3 Å². The molecule has 2 N–H and O–H groups in total. The standard InChI is InChI=1S/C14H13N5OS/c1-2-9-7-16-19-12(9)18-13(20)11-8-21-14(17-11)10-3-5-15-6-4-10/h3-8H,2H2,1H3,(H2,16,18,19,20). The Morgan fingerprint density at radius 3 is 2.95 bits per heavy atom. The molecule has 1 amide bonds. The topological polar surface area (TPSA) is 83.6 Å². The lowest BCUT2D eigenvalue weighted by molar-refractivity contribution is 0.102. The van der Waals surface area contributed by atoms with Crippen LogP contribution in [-0.4, -0.2) is 26.1 Å². The van der Waals surface area contributed by atoms with Crippen LogP contribution in [0.5, 0.6) is 0 Å². The summed E-state index contributed by atoms with van der Waals surface area (Å²) in [6, 6.07) is 3.73. The van der Waals surface area contributed by atoms with E-state index in [4.69, 9.17) is 0 Å². The Morgan fingerprint density at radius 1 is 1.38 bits per heavy atom. The van der Waals surface area contributed by atoms with Crippen molar-refractivity contribution in [1.82, 2.24) is 20.2 Å². The Balaban J connectivity index is 1.79. The lowest BCUT2D eigenvalue weighted by Gasteiger charge is -2.02. The molecule has 3 heterocycles. The van der Waals surface area contributed by atoms with E-state index in [-0.39, 0.29) is 5.91 Å². The summed E-state index contributed by atoms with van der Waals surface area (Å²) >= 11 is 1.43. The highest BCUT2D eigenvalue weighted by Crippen LogP contribution is 2.23. The van der Waals surface area contributed by atoms with Gasteiger partial charge in [-0.15, -0.1) is 11.3 Å². The fraction of sp³-hybridized carbons (Fsp3) is 0.143. The molecule has 0 atom stereocenters. The molecule has 7 heteroatoms. The Bertz CT molecular complexity index is 750. The number of pyridine rings is 1. The van der Waals surface area contributed by atoms with Crippen LogP contribution in [0.4, 0.5) is 5.82 Å². The minimum absolute atomic E-state index is 0.245. The van der Waals surface area contributed by atoms with Crippen molar-refractivity contribution in [2.75, 3.05) is 5.32 Å². The Labute approximate surface area is 125 Å². The molecule has 0 spiro atoms. The van der Waals surface area contributed by atoms with Gasteiger partial charge in [-0.05, 0) is 18.6 Å². The fourth-order valence-corrected chi connectivity index (χ4v) is 2.68. The maximum absolute atomic E-state index is 12.2. The number of amides is 1. The number of thiazole rings is 1. The van der Waals surface area contributed by atoms with Gasteiger partial charge in [0.2, 0.25) is 0 Å². The van der Waals surface area contributed by atoms with Gasteiger partial charge in [0.05, 0.1) is 6.20 Å². The van der Waals surface area contributed by atoms with E-state index in [0.29, 0.717) is 11.5 Å². The second kappa shape index (κ2) is 5.84. The fourth-order valence-electron chi connectivity index (χ4n) is 1.87. The molecule has 0 bridgehead atoms. The second-order valence-electron chi connectivity index (χ2n) is 4.35. The third-order valence-corrected chi connectivity index (χ3v) is 3.89. The largest absolute Gasteiger partial charge is 0.305 e. The molecule has 0 saturated carbocycles. The molecule has 21 heavy (non-hydrogen) atoms. The number of aromatic nitrogens is 4. The van der Waals surface area contributed by atoms with E-state index in [1.165, 1.54) is 11.3 Å². The van der Waals surface area contributed by atoms with Crippen LogP contribution < -0.4 is 5.32 Å². The molecule has 106 valence electrons. The van der Waals surface area contributed by atoms with Gasteiger partial charge < -0.3 is 5.32 Å². The average molecular weight is 299 g/mol. The summed E-state index contributed by atoms with van der Waals surface area (Å²) in [5.74, 6) is 0.381. The molecule has 0 radical (unpaired) electrons. The van der Waals surface area contributed by atoms with Gasteiger partial charge in [-0.1, -0.05) is 6.92 Å². The molecule has 0 unspecified atom stereocenters. The molecule has 3 aromatic heterocycles.